The Bertz CT molecular complexity index is 536. The first kappa shape index (κ1) is 11.2. The highest BCUT2D eigenvalue weighted by molar-refractivity contribution is 5.53. The molecule has 1 N–H and O–H groups in total. The molecule has 0 aliphatic rings. The molecular weight excluding hydrogens is 224 g/mol. The number of aliphatic hydroxyl groups excluding tert-OH is 1. The Kier molecular flexibility index (Phi) is 2.84. The van der Waals surface area contributed by atoms with Gasteiger partial charge in [-0.3, -0.25) is 10.1 Å². The van der Waals surface area contributed by atoms with Crippen molar-refractivity contribution in [3.8, 4) is 5.69 Å². The van der Waals surface area contributed by atoms with Crippen LogP contribution in [0.5, 0.6) is 0 Å². The highest BCUT2D eigenvalue weighted by Gasteiger charge is 2.17. The molecule has 0 aliphatic carbocycles. The molecule has 7 heteroatoms. The summed E-state index contributed by atoms with van der Waals surface area (Å²) in [5.74, 6) is 0. The molecule has 0 saturated heterocycles. The van der Waals surface area contributed by atoms with Crippen LogP contribution in [-0.2, 0) is 0 Å². The number of aromatic nitrogens is 3. The molecule has 0 radical (unpaired) electrons. The fourth-order valence-corrected chi connectivity index (χ4v) is 1.47. The maximum absolute atomic E-state index is 11.0. The normalized spacial score (nSPS) is 12.4. The summed E-state index contributed by atoms with van der Waals surface area (Å²) in [4.78, 5) is 14.2. The molecular formula is C10H10N4O3. The predicted octanol–water partition coefficient (Wildman–Crippen LogP) is 1.23. The summed E-state index contributed by atoms with van der Waals surface area (Å²) >= 11 is 0. The van der Waals surface area contributed by atoms with Gasteiger partial charge < -0.3 is 5.11 Å². The first-order chi connectivity index (χ1) is 8.09. The average Bonchev–Trinajstić information content (AvgIpc) is 2.81. The van der Waals surface area contributed by atoms with E-state index < -0.39 is 11.0 Å². The predicted molar refractivity (Wildman–Crippen MR) is 58.6 cm³/mol. The summed E-state index contributed by atoms with van der Waals surface area (Å²) in [7, 11) is 0. The Morgan fingerprint density at radius 1 is 1.53 bits per heavy atom. The minimum atomic E-state index is -0.751. The van der Waals surface area contributed by atoms with Gasteiger partial charge in [0.25, 0.3) is 5.69 Å². The van der Waals surface area contributed by atoms with E-state index in [1.165, 1.54) is 29.5 Å². The number of hydrogen-bond acceptors (Lipinski definition) is 5. The summed E-state index contributed by atoms with van der Waals surface area (Å²) in [5.41, 5.74) is 0.686. The topological polar surface area (TPSA) is 94.1 Å². The van der Waals surface area contributed by atoms with Gasteiger partial charge in [-0.25, -0.2) is 9.67 Å². The van der Waals surface area contributed by atoms with Gasteiger partial charge in [0, 0.05) is 6.07 Å². The van der Waals surface area contributed by atoms with Crippen LogP contribution in [0.3, 0.4) is 0 Å². The minimum Gasteiger partial charge on any atom is -0.389 e. The Morgan fingerprint density at radius 2 is 2.29 bits per heavy atom. The van der Waals surface area contributed by atoms with E-state index in [4.69, 9.17) is 0 Å². The van der Waals surface area contributed by atoms with E-state index in [0.29, 0.717) is 11.3 Å². The molecule has 2 aromatic rings. The number of hydrogen-bond donors (Lipinski definition) is 1. The minimum absolute atomic E-state index is 0.117. The van der Waals surface area contributed by atoms with Gasteiger partial charge in [0.15, 0.2) is 0 Å². The molecule has 0 amide bonds. The summed E-state index contributed by atoms with van der Waals surface area (Å²) < 4.78 is 1.31. The van der Waals surface area contributed by atoms with Crippen molar-refractivity contribution in [3.05, 3.63) is 46.5 Å². The van der Waals surface area contributed by atoms with E-state index in [2.05, 4.69) is 10.1 Å². The van der Waals surface area contributed by atoms with Gasteiger partial charge in [-0.05, 0) is 18.6 Å². The van der Waals surface area contributed by atoms with Crippen LogP contribution < -0.4 is 0 Å². The second-order valence-electron chi connectivity index (χ2n) is 3.52. The molecule has 0 spiro atoms. The molecule has 1 heterocycles. The highest BCUT2D eigenvalue weighted by Crippen LogP contribution is 2.26. The first-order valence-electron chi connectivity index (χ1n) is 4.91. The van der Waals surface area contributed by atoms with Crippen LogP contribution in [-0.4, -0.2) is 24.8 Å². The van der Waals surface area contributed by atoms with Gasteiger partial charge in [0.05, 0.1) is 11.0 Å². The molecule has 1 atom stereocenters. The molecule has 0 unspecified atom stereocenters. The number of rotatable bonds is 3. The third kappa shape index (κ3) is 2.13. The fourth-order valence-electron chi connectivity index (χ4n) is 1.47. The van der Waals surface area contributed by atoms with E-state index in [1.54, 1.807) is 13.0 Å². The SMILES string of the molecule is C[C@@H](O)c1ccc(-n2cncn2)c([N+](=O)[O-])c1. The van der Waals surface area contributed by atoms with Gasteiger partial charge in [0.2, 0.25) is 0 Å². The van der Waals surface area contributed by atoms with Crippen molar-refractivity contribution < 1.29 is 10.0 Å². The summed E-state index contributed by atoms with van der Waals surface area (Å²) in [6, 6.07) is 4.49. The van der Waals surface area contributed by atoms with Crippen LogP contribution in [0.25, 0.3) is 5.69 Å². The smallest absolute Gasteiger partial charge is 0.295 e. The Hall–Kier alpha value is -2.28. The lowest BCUT2D eigenvalue weighted by atomic mass is 10.1. The number of benzene rings is 1. The van der Waals surface area contributed by atoms with Crippen molar-refractivity contribution in [1.82, 2.24) is 14.8 Å². The molecule has 1 aromatic heterocycles. The number of nitro benzene ring substituents is 1. The van der Waals surface area contributed by atoms with Gasteiger partial charge in [-0.2, -0.15) is 5.10 Å². The van der Waals surface area contributed by atoms with Crippen molar-refractivity contribution in [2.24, 2.45) is 0 Å². The summed E-state index contributed by atoms with van der Waals surface area (Å²) in [6.45, 7) is 1.55. The Morgan fingerprint density at radius 3 is 2.82 bits per heavy atom. The lowest BCUT2D eigenvalue weighted by molar-refractivity contribution is -0.384. The van der Waals surface area contributed by atoms with Crippen LogP contribution in [0.2, 0.25) is 0 Å². The maximum Gasteiger partial charge on any atom is 0.295 e. The standard InChI is InChI=1S/C10H10N4O3/c1-7(15)8-2-3-9(10(4-8)14(16)17)13-6-11-5-12-13/h2-7,15H,1H3/t7-/m1/s1. The number of nitro groups is 1. The maximum atomic E-state index is 11.0. The van der Waals surface area contributed by atoms with Gasteiger partial charge >= 0.3 is 0 Å². The van der Waals surface area contributed by atoms with Crippen LogP contribution in [0, 0.1) is 10.1 Å². The molecule has 0 saturated carbocycles. The largest absolute Gasteiger partial charge is 0.389 e. The van der Waals surface area contributed by atoms with E-state index in [1.807, 2.05) is 0 Å². The molecule has 0 aliphatic heterocycles. The zero-order chi connectivity index (χ0) is 12.4. The molecule has 0 bridgehead atoms. The van der Waals surface area contributed by atoms with Crippen molar-refractivity contribution in [2.75, 3.05) is 0 Å². The third-order valence-corrected chi connectivity index (χ3v) is 2.34. The average molecular weight is 234 g/mol. The molecule has 0 fully saturated rings. The zero-order valence-electron chi connectivity index (χ0n) is 9.02. The van der Waals surface area contributed by atoms with Crippen molar-refractivity contribution in [2.45, 2.75) is 13.0 Å². The van der Waals surface area contributed by atoms with Crippen LogP contribution >= 0.6 is 0 Å². The monoisotopic (exact) mass is 234 g/mol. The lowest BCUT2D eigenvalue weighted by Crippen LogP contribution is -2.02. The highest BCUT2D eigenvalue weighted by atomic mass is 16.6. The van der Waals surface area contributed by atoms with E-state index in [9.17, 15) is 15.2 Å². The summed E-state index contributed by atoms with van der Waals surface area (Å²) in [6.07, 6.45) is 1.93. The second-order valence-corrected chi connectivity index (χ2v) is 3.52. The Labute approximate surface area is 96.5 Å². The molecule has 17 heavy (non-hydrogen) atoms. The number of nitrogens with zero attached hydrogens (tertiary/aromatic N) is 4. The van der Waals surface area contributed by atoms with Crippen LogP contribution in [0.4, 0.5) is 5.69 Å². The van der Waals surface area contributed by atoms with Gasteiger partial charge in [0.1, 0.15) is 18.3 Å². The van der Waals surface area contributed by atoms with E-state index in [-0.39, 0.29) is 5.69 Å². The lowest BCUT2D eigenvalue weighted by Gasteiger charge is -2.07. The third-order valence-electron chi connectivity index (χ3n) is 2.34. The van der Waals surface area contributed by atoms with Crippen molar-refractivity contribution >= 4 is 5.69 Å². The van der Waals surface area contributed by atoms with Crippen molar-refractivity contribution in [1.29, 1.82) is 0 Å². The molecule has 1 aromatic carbocycles. The zero-order valence-corrected chi connectivity index (χ0v) is 9.02. The number of aliphatic hydroxyl groups is 1. The van der Waals surface area contributed by atoms with Crippen LogP contribution in [0.1, 0.15) is 18.6 Å². The Balaban J connectivity index is 2.57. The first-order valence-corrected chi connectivity index (χ1v) is 4.91. The second kappa shape index (κ2) is 4.30. The molecule has 88 valence electrons. The van der Waals surface area contributed by atoms with E-state index in [0.717, 1.165) is 0 Å². The van der Waals surface area contributed by atoms with Gasteiger partial charge in [-0.1, -0.05) is 6.07 Å². The van der Waals surface area contributed by atoms with Gasteiger partial charge in [-0.15, -0.1) is 0 Å². The van der Waals surface area contributed by atoms with E-state index >= 15 is 0 Å². The quantitative estimate of drug-likeness (QED) is 0.636. The summed E-state index contributed by atoms with van der Waals surface area (Å²) in [5, 5.41) is 24.2. The molecule has 7 nitrogen and oxygen atoms in total. The molecule has 2 rings (SSSR count). The fraction of sp³-hybridized carbons (Fsp3) is 0.200. The van der Waals surface area contributed by atoms with Crippen LogP contribution in [0.15, 0.2) is 30.9 Å². The van der Waals surface area contributed by atoms with Crippen molar-refractivity contribution in [3.63, 3.8) is 0 Å².